The molecule has 0 saturated carbocycles. The molecule has 1 amide bonds. The molecule has 2 N–H and O–H groups in total. The highest BCUT2D eigenvalue weighted by Crippen LogP contribution is 2.30. The summed E-state index contributed by atoms with van der Waals surface area (Å²) in [6.45, 7) is 4.65. The van der Waals surface area contributed by atoms with Crippen LogP contribution < -0.4 is 10.6 Å². The van der Waals surface area contributed by atoms with E-state index in [4.69, 9.17) is 16.3 Å². The van der Waals surface area contributed by atoms with Crippen molar-refractivity contribution in [3.63, 3.8) is 0 Å². The number of benzene rings is 1. The predicted octanol–water partition coefficient (Wildman–Crippen LogP) is 3.44. The van der Waals surface area contributed by atoms with E-state index in [1.54, 1.807) is 7.11 Å². The largest absolute Gasteiger partial charge is 0.383 e. The summed E-state index contributed by atoms with van der Waals surface area (Å²) in [4.78, 5) is 14.0. The van der Waals surface area contributed by atoms with Crippen molar-refractivity contribution in [2.45, 2.75) is 6.92 Å². The van der Waals surface area contributed by atoms with Crippen LogP contribution in [0.25, 0.3) is 15.9 Å². The van der Waals surface area contributed by atoms with Gasteiger partial charge >= 0.3 is 0 Å². The van der Waals surface area contributed by atoms with Gasteiger partial charge in [-0.2, -0.15) is 5.10 Å². The first kappa shape index (κ1) is 21.7. The van der Waals surface area contributed by atoms with E-state index in [9.17, 15) is 4.79 Å². The van der Waals surface area contributed by atoms with Crippen molar-refractivity contribution < 1.29 is 9.53 Å². The molecule has 9 heteroatoms. The normalized spacial score (nSPS) is 10.8. The van der Waals surface area contributed by atoms with Gasteiger partial charge in [0.15, 0.2) is 0 Å². The van der Waals surface area contributed by atoms with Gasteiger partial charge in [-0.05, 0) is 37.3 Å². The summed E-state index contributed by atoms with van der Waals surface area (Å²) in [6, 6.07) is 9.40. The smallest absolute Gasteiger partial charge is 0.261 e. The number of hydrogen-bond donors (Lipinski definition) is 2. The third kappa shape index (κ3) is 5.21. The van der Waals surface area contributed by atoms with E-state index in [-0.39, 0.29) is 18.3 Å². The third-order valence-electron chi connectivity index (χ3n) is 3.91. The number of rotatable bonds is 8. The minimum Gasteiger partial charge on any atom is -0.383 e. The van der Waals surface area contributed by atoms with Crippen molar-refractivity contribution in [2.24, 2.45) is 0 Å². The average Bonchev–Trinajstić information content (AvgIpc) is 3.20. The molecule has 0 fully saturated rings. The molecule has 0 radical (unpaired) electrons. The molecular formula is C18H22Cl2N4O2S. The van der Waals surface area contributed by atoms with Crippen molar-refractivity contribution in [3.05, 3.63) is 45.9 Å². The molecule has 3 rings (SSSR count). The van der Waals surface area contributed by atoms with Gasteiger partial charge in [0.2, 0.25) is 0 Å². The minimum atomic E-state index is -0.0678. The second kappa shape index (κ2) is 10.1. The van der Waals surface area contributed by atoms with Gasteiger partial charge in [-0.3, -0.25) is 4.79 Å². The minimum absolute atomic E-state index is 0. The van der Waals surface area contributed by atoms with Gasteiger partial charge in [0, 0.05) is 37.2 Å². The summed E-state index contributed by atoms with van der Waals surface area (Å²) in [5.41, 5.74) is 1.81. The molecule has 0 unspecified atom stereocenters. The van der Waals surface area contributed by atoms with E-state index in [1.165, 1.54) is 11.3 Å². The van der Waals surface area contributed by atoms with Gasteiger partial charge in [-0.25, -0.2) is 4.68 Å². The van der Waals surface area contributed by atoms with E-state index in [0.717, 1.165) is 28.1 Å². The molecular weight excluding hydrogens is 407 g/mol. The standard InChI is InChI=1S/C18H21ClN4O2S.ClH/c1-12-15-11-16(17(24)21-8-7-20-9-10-25-2)26-18(15)23(22-12)14-5-3-13(19)4-6-14;/h3-6,11,20H,7-10H2,1-2H3,(H,21,24);1H. The zero-order valence-electron chi connectivity index (χ0n) is 15.1. The number of amides is 1. The maximum atomic E-state index is 12.4. The highest BCUT2D eigenvalue weighted by molar-refractivity contribution is 7.20. The average molecular weight is 429 g/mol. The first-order valence-corrected chi connectivity index (χ1v) is 9.52. The number of halogens is 2. The van der Waals surface area contributed by atoms with E-state index in [1.807, 2.05) is 41.9 Å². The molecule has 0 bridgehead atoms. The Kier molecular flexibility index (Phi) is 8.07. The van der Waals surface area contributed by atoms with E-state index >= 15 is 0 Å². The zero-order chi connectivity index (χ0) is 18.5. The van der Waals surface area contributed by atoms with E-state index in [2.05, 4.69) is 15.7 Å². The summed E-state index contributed by atoms with van der Waals surface area (Å²) in [5.74, 6) is -0.0678. The Hall–Kier alpha value is -1.64. The van der Waals surface area contributed by atoms with Crippen LogP contribution in [0, 0.1) is 6.92 Å². The fraction of sp³-hybridized carbons (Fsp3) is 0.333. The monoisotopic (exact) mass is 428 g/mol. The lowest BCUT2D eigenvalue weighted by atomic mass is 10.3. The van der Waals surface area contributed by atoms with Crippen LogP contribution in [0.2, 0.25) is 5.02 Å². The Morgan fingerprint density at radius 1 is 1.26 bits per heavy atom. The molecule has 0 aliphatic carbocycles. The lowest BCUT2D eigenvalue weighted by molar-refractivity contribution is 0.0958. The number of methoxy groups -OCH3 is 1. The Morgan fingerprint density at radius 2 is 2.00 bits per heavy atom. The lowest BCUT2D eigenvalue weighted by Crippen LogP contribution is -2.32. The van der Waals surface area contributed by atoms with E-state index < -0.39 is 0 Å². The second-order valence-corrected chi connectivity index (χ2v) is 7.27. The van der Waals surface area contributed by atoms with Crippen molar-refractivity contribution in [3.8, 4) is 5.69 Å². The van der Waals surface area contributed by atoms with Crippen molar-refractivity contribution in [1.29, 1.82) is 0 Å². The number of ether oxygens (including phenoxy) is 1. The molecule has 146 valence electrons. The third-order valence-corrected chi connectivity index (χ3v) is 5.27. The van der Waals surface area contributed by atoms with Gasteiger partial charge in [0.1, 0.15) is 4.83 Å². The molecule has 2 heterocycles. The van der Waals surface area contributed by atoms with Crippen LogP contribution in [0.15, 0.2) is 30.3 Å². The van der Waals surface area contributed by atoms with Crippen LogP contribution in [0.1, 0.15) is 15.4 Å². The first-order chi connectivity index (χ1) is 12.6. The highest BCUT2D eigenvalue weighted by atomic mass is 35.5. The number of thiophene rings is 1. The summed E-state index contributed by atoms with van der Waals surface area (Å²) in [6.07, 6.45) is 0. The summed E-state index contributed by atoms with van der Waals surface area (Å²) in [7, 11) is 1.66. The van der Waals surface area contributed by atoms with Crippen molar-refractivity contribution in [2.75, 3.05) is 33.4 Å². The number of carbonyl (C=O) groups excluding carboxylic acids is 1. The molecule has 0 atom stereocenters. The number of fused-ring (bicyclic) bond motifs is 1. The Morgan fingerprint density at radius 3 is 2.70 bits per heavy atom. The number of carbonyl (C=O) groups is 1. The topological polar surface area (TPSA) is 68.2 Å². The van der Waals surface area contributed by atoms with Gasteiger partial charge in [-0.15, -0.1) is 23.7 Å². The maximum absolute atomic E-state index is 12.4. The number of nitrogens with zero attached hydrogens (tertiary/aromatic N) is 2. The zero-order valence-corrected chi connectivity index (χ0v) is 17.5. The predicted molar refractivity (Wildman–Crippen MR) is 113 cm³/mol. The summed E-state index contributed by atoms with van der Waals surface area (Å²) in [5, 5.41) is 12.4. The molecule has 0 saturated heterocycles. The second-order valence-electron chi connectivity index (χ2n) is 5.80. The fourth-order valence-electron chi connectivity index (χ4n) is 2.57. The Balaban J connectivity index is 0.00000261. The molecule has 6 nitrogen and oxygen atoms in total. The molecule has 27 heavy (non-hydrogen) atoms. The number of nitrogens with one attached hydrogen (secondary N) is 2. The molecule has 1 aromatic carbocycles. The summed E-state index contributed by atoms with van der Waals surface area (Å²) >= 11 is 7.40. The van der Waals surface area contributed by atoms with E-state index in [0.29, 0.717) is 29.6 Å². The summed E-state index contributed by atoms with van der Waals surface area (Å²) < 4.78 is 6.82. The highest BCUT2D eigenvalue weighted by Gasteiger charge is 2.16. The maximum Gasteiger partial charge on any atom is 0.261 e. The fourth-order valence-corrected chi connectivity index (χ4v) is 3.79. The molecule has 0 aliphatic rings. The quantitative estimate of drug-likeness (QED) is 0.539. The first-order valence-electron chi connectivity index (χ1n) is 8.33. The SMILES string of the molecule is COCCNCCNC(=O)c1cc2c(C)nn(-c3ccc(Cl)cc3)c2s1.Cl. The van der Waals surface area contributed by atoms with Gasteiger partial charge in [0.25, 0.3) is 5.91 Å². The van der Waals surface area contributed by atoms with Crippen LogP contribution >= 0.6 is 35.3 Å². The number of hydrogen-bond acceptors (Lipinski definition) is 5. The van der Waals surface area contributed by atoms with Crippen molar-refractivity contribution in [1.82, 2.24) is 20.4 Å². The van der Waals surface area contributed by atoms with Crippen LogP contribution in [0.5, 0.6) is 0 Å². The van der Waals surface area contributed by atoms with Crippen LogP contribution in [-0.2, 0) is 4.74 Å². The van der Waals surface area contributed by atoms with Gasteiger partial charge in [0.05, 0.1) is 22.9 Å². The number of aromatic nitrogens is 2. The lowest BCUT2D eigenvalue weighted by Gasteiger charge is -2.05. The molecule has 3 aromatic rings. The Bertz CT molecular complexity index is 893. The van der Waals surface area contributed by atoms with Crippen molar-refractivity contribution >= 4 is 51.5 Å². The van der Waals surface area contributed by atoms with Crippen LogP contribution in [0.4, 0.5) is 0 Å². The van der Waals surface area contributed by atoms with Crippen LogP contribution in [0.3, 0.4) is 0 Å². The number of aryl methyl sites for hydroxylation is 1. The molecule has 0 aliphatic heterocycles. The molecule has 0 spiro atoms. The van der Waals surface area contributed by atoms with Crippen LogP contribution in [-0.4, -0.2) is 49.0 Å². The van der Waals surface area contributed by atoms with Gasteiger partial charge < -0.3 is 15.4 Å². The Labute approximate surface area is 173 Å². The molecule has 2 aromatic heterocycles. The van der Waals surface area contributed by atoms with Gasteiger partial charge in [-0.1, -0.05) is 11.6 Å².